The largest absolute Gasteiger partial charge is 0.421 e. The first-order chi connectivity index (χ1) is 9.72. The molecule has 5 heteroatoms. The van der Waals surface area contributed by atoms with Crippen LogP contribution in [0.3, 0.4) is 0 Å². The molecule has 1 atom stereocenters. The van der Waals surface area contributed by atoms with Crippen LogP contribution in [0.5, 0.6) is 0 Å². The number of aromatic nitrogens is 2. The summed E-state index contributed by atoms with van der Waals surface area (Å²) in [5.41, 5.74) is 1.17. The first-order valence-corrected chi connectivity index (χ1v) is 7.40. The summed E-state index contributed by atoms with van der Waals surface area (Å²) < 4.78 is 6.74. The smallest absolute Gasteiger partial charge is 0.406 e. The molecule has 0 aliphatic heterocycles. The molecule has 0 saturated heterocycles. The van der Waals surface area contributed by atoms with Gasteiger partial charge in [-0.15, -0.1) is 0 Å². The van der Waals surface area contributed by atoms with Gasteiger partial charge in [-0.05, 0) is 25.5 Å². The molecule has 2 heterocycles. The fourth-order valence-corrected chi connectivity index (χ4v) is 2.32. The Morgan fingerprint density at radius 2 is 2.30 bits per heavy atom. The minimum atomic E-state index is -0.334. The van der Waals surface area contributed by atoms with Crippen LogP contribution in [0.4, 0.5) is 0 Å². The molecule has 0 amide bonds. The van der Waals surface area contributed by atoms with Crippen LogP contribution < -0.4 is 11.1 Å². The minimum absolute atomic E-state index is 0.334. The van der Waals surface area contributed by atoms with Gasteiger partial charge in [-0.1, -0.05) is 26.2 Å². The number of nitrogens with one attached hydrogen (secondary N) is 1. The van der Waals surface area contributed by atoms with Crippen molar-refractivity contribution in [2.75, 3.05) is 6.54 Å². The SMILES string of the molecule is CCCCCC(C)NCCn1c(=O)oc2cccnc21. The maximum atomic E-state index is 11.8. The predicted octanol–water partition coefficient (Wildman–Crippen LogP) is 2.55. The molecule has 0 bridgehead atoms. The van der Waals surface area contributed by atoms with Crippen molar-refractivity contribution < 1.29 is 4.42 Å². The van der Waals surface area contributed by atoms with Crippen LogP contribution in [0.15, 0.2) is 27.5 Å². The predicted molar refractivity (Wildman–Crippen MR) is 79.9 cm³/mol. The van der Waals surface area contributed by atoms with Gasteiger partial charge in [0.25, 0.3) is 0 Å². The van der Waals surface area contributed by atoms with Crippen LogP contribution in [0.2, 0.25) is 0 Å². The highest BCUT2D eigenvalue weighted by Crippen LogP contribution is 2.08. The molecule has 1 N–H and O–H groups in total. The summed E-state index contributed by atoms with van der Waals surface area (Å²) in [5.74, 6) is -0.334. The molecule has 0 saturated carbocycles. The van der Waals surface area contributed by atoms with E-state index < -0.39 is 0 Å². The summed E-state index contributed by atoms with van der Waals surface area (Å²) in [6, 6.07) is 4.01. The van der Waals surface area contributed by atoms with E-state index in [9.17, 15) is 4.79 Å². The second-order valence-corrected chi connectivity index (χ2v) is 5.20. The molecule has 20 heavy (non-hydrogen) atoms. The fourth-order valence-electron chi connectivity index (χ4n) is 2.32. The molecule has 0 fully saturated rings. The highest BCUT2D eigenvalue weighted by Gasteiger charge is 2.09. The molecule has 0 spiro atoms. The maximum Gasteiger partial charge on any atom is 0.421 e. The zero-order valence-corrected chi connectivity index (χ0v) is 12.3. The summed E-state index contributed by atoms with van der Waals surface area (Å²) in [5, 5.41) is 3.44. The minimum Gasteiger partial charge on any atom is -0.406 e. The van der Waals surface area contributed by atoms with E-state index in [2.05, 4.69) is 24.1 Å². The number of oxazole rings is 1. The van der Waals surface area contributed by atoms with E-state index in [1.54, 1.807) is 22.9 Å². The van der Waals surface area contributed by atoms with E-state index in [0.29, 0.717) is 23.8 Å². The van der Waals surface area contributed by atoms with Crippen molar-refractivity contribution in [3.05, 3.63) is 28.9 Å². The molecule has 2 aromatic rings. The third-order valence-corrected chi connectivity index (χ3v) is 3.49. The Labute approximate surface area is 119 Å². The van der Waals surface area contributed by atoms with E-state index in [0.717, 1.165) is 6.54 Å². The molecular weight excluding hydrogens is 254 g/mol. The van der Waals surface area contributed by atoms with Gasteiger partial charge in [0.05, 0.1) is 0 Å². The van der Waals surface area contributed by atoms with E-state index in [1.807, 2.05) is 0 Å². The zero-order chi connectivity index (χ0) is 14.4. The topological polar surface area (TPSA) is 60.1 Å². The molecule has 2 rings (SSSR count). The van der Waals surface area contributed by atoms with Crippen molar-refractivity contribution in [1.29, 1.82) is 0 Å². The molecule has 0 aliphatic carbocycles. The van der Waals surface area contributed by atoms with Crippen molar-refractivity contribution in [2.24, 2.45) is 0 Å². The zero-order valence-electron chi connectivity index (χ0n) is 12.3. The lowest BCUT2D eigenvalue weighted by molar-refractivity contribution is 0.452. The van der Waals surface area contributed by atoms with E-state index in [-0.39, 0.29) is 5.76 Å². The molecule has 2 aromatic heterocycles. The lowest BCUT2D eigenvalue weighted by Crippen LogP contribution is -2.31. The maximum absolute atomic E-state index is 11.8. The standard InChI is InChI=1S/C15H23N3O2/c1-3-4-5-7-12(2)16-10-11-18-14-13(20-15(18)19)8-6-9-17-14/h6,8-9,12,16H,3-5,7,10-11H2,1-2H3. The van der Waals surface area contributed by atoms with Gasteiger partial charge >= 0.3 is 5.76 Å². The van der Waals surface area contributed by atoms with Crippen LogP contribution in [0.1, 0.15) is 39.5 Å². The summed E-state index contributed by atoms with van der Waals surface area (Å²) in [6.45, 7) is 5.73. The lowest BCUT2D eigenvalue weighted by atomic mass is 10.1. The van der Waals surface area contributed by atoms with Gasteiger partial charge in [-0.3, -0.25) is 4.57 Å². The van der Waals surface area contributed by atoms with Gasteiger partial charge in [0, 0.05) is 25.3 Å². The van der Waals surface area contributed by atoms with E-state index in [1.165, 1.54) is 25.7 Å². The monoisotopic (exact) mass is 277 g/mol. The summed E-state index contributed by atoms with van der Waals surface area (Å²) in [7, 11) is 0. The summed E-state index contributed by atoms with van der Waals surface area (Å²) in [4.78, 5) is 16.0. The van der Waals surface area contributed by atoms with Crippen LogP contribution in [-0.2, 0) is 6.54 Å². The fraction of sp³-hybridized carbons (Fsp3) is 0.600. The number of hydrogen-bond acceptors (Lipinski definition) is 4. The molecular formula is C15H23N3O2. The Balaban J connectivity index is 1.87. The number of unbranched alkanes of at least 4 members (excludes halogenated alkanes) is 2. The molecule has 110 valence electrons. The number of hydrogen-bond donors (Lipinski definition) is 1. The third-order valence-electron chi connectivity index (χ3n) is 3.49. The number of rotatable bonds is 8. The molecule has 5 nitrogen and oxygen atoms in total. The van der Waals surface area contributed by atoms with Crippen LogP contribution in [0, 0.1) is 0 Å². The second kappa shape index (κ2) is 7.24. The van der Waals surface area contributed by atoms with E-state index in [4.69, 9.17) is 4.42 Å². The van der Waals surface area contributed by atoms with Crippen molar-refractivity contribution in [3.63, 3.8) is 0 Å². The Hall–Kier alpha value is -1.62. The Morgan fingerprint density at radius 1 is 1.45 bits per heavy atom. The quantitative estimate of drug-likeness (QED) is 0.753. The van der Waals surface area contributed by atoms with Crippen LogP contribution >= 0.6 is 0 Å². The average Bonchev–Trinajstić information content (AvgIpc) is 2.75. The van der Waals surface area contributed by atoms with Gasteiger partial charge in [0.15, 0.2) is 11.2 Å². The van der Waals surface area contributed by atoms with Gasteiger partial charge in [-0.2, -0.15) is 0 Å². The van der Waals surface area contributed by atoms with Gasteiger partial charge < -0.3 is 9.73 Å². The molecule has 0 aromatic carbocycles. The normalized spacial score (nSPS) is 12.9. The van der Waals surface area contributed by atoms with Gasteiger partial charge in [-0.25, -0.2) is 9.78 Å². The van der Waals surface area contributed by atoms with Crippen molar-refractivity contribution in [2.45, 2.75) is 52.1 Å². The second-order valence-electron chi connectivity index (χ2n) is 5.20. The first-order valence-electron chi connectivity index (χ1n) is 7.40. The average molecular weight is 277 g/mol. The molecule has 0 aliphatic rings. The number of pyridine rings is 1. The van der Waals surface area contributed by atoms with Crippen molar-refractivity contribution in [1.82, 2.24) is 14.9 Å². The molecule has 0 radical (unpaired) electrons. The Kier molecular flexibility index (Phi) is 5.35. The Bertz CT molecular complexity index is 588. The van der Waals surface area contributed by atoms with Gasteiger partial charge in [0.2, 0.25) is 0 Å². The molecule has 1 unspecified atom stereocenters. The lowest BCUT2D eigenvalue weighted by Gasteiger charge is -2.13. The van der Waals surface area contributed by atoms with Crippen molar-refractivity contribution >= 4 is 11.2 Å². The summed E-state index contributed by atoms with van der Waals surface area (Å²) >= 11 is 0. The third kappa shape index (κ3) is 3.70. The van der Waals surface area contributed by atoms with Gasteiger partial charge in [0.1, 0.15) is 0 Å². The number of fused-ring (bicyclic) bond motifs is 1. The van der Waals surface area contributed by atoms with Crippen LogP contribution in [-0.4, -0.2) is 22.1 Å². The van der Waals surface area contributed by atoms with Crippen LogP contribution in [0.25, 0.3) is 11.2 Å². The van der Waals surface area contributed by atoms with E-state index >= 15 is 0 Å². The highest BCUT2D eigenvalue weighted by atomic mass is 16.4. The van der Waals surface area contributed by atoms with Crippen molar-refractivity contribution in [3.8, 4) is 0 Å². The Morgan fingerprint density at radius 3 is 3.10 bits per heavy atom. The summed E-state index contributed by atoms with van der Waals surface area (Å²) in [6.07, 6.45) is 6.62. The number of nitrogens with zero attached hydrogens (tertiary/aromatic N) is 2. The highest BCUT2D eigenvalue weighted by molar-refractivity contribution is 5.67. The first kappa shape index (κ1) is 14.8.